The fraction of sp³-hybridized carbons (Fsp3) is 0.400. The van der Waals surface area contributed by atoms with Gasteiger partial charge in [-0.05, 0) is 0 Å². The number of benzene rings is 1. The van der Waals surface area contributed by atoms with E-state index in [1.54, 1.807) is 0 Å². The predicted octanol–water partition coefficient (Wildman–Crippen LogP) is 2.71. The van der Waals surface area contributed by atoms with E-state index in [1.807, 2.05) is 44.2 Å². The first-order valence-electron chi connectivity index (χ1n) is 4.36. The quantitative estimate of drug-likeness (QED) is 0.657. The molecule has 2 heteroatoms. The molecule has 0 fully saturated rings. The van der Waals surface area contributed by atoms with Gasteiger partial charge in [0, 0.05) is 17.6 Å². The van der Waals surface area contributed by atoms with Gasteiger partial charge in [-0.25, -0.2) is 0 Å². The van der Waals surface area contributed by atoms with Crippen LogP contribution in [0.15, 0.2) is 30.3 Å². The van der Waals surface area contributed by atoms with E-state index in [1.165, 1.54) is 0 Å². The Balaban J connectivity index is 3.04. The van der Waals surface area contributed by atoms with Crippen LogP contribution in [-0.4, -0.2) is 12.3 Å². The van der Waals surface area contributed by atoms with Gasteiger partial charge in [0.2, 0.25) is 0 Å². The Labute approximate surface area is 74.2 Å². The van der Waals surface area contributed by atoms with Crippen molar-refractivity contribution in [1.82, 2.24) is 0 Å². The molecule has 0 N–H and O–H groups in total. The third-order valence-electron chi connectivity index (χ3n) is 2.25. The van der Waals surface area contributed by atoms with E-state index in [2.05, 4.69) is 0 Å². The standard InChI is InChI=1S/C10H15OP/c1-3-12(11,4-2)10-8-6-5-7-9-10/h5-9H,3-4H2,1-2H3. The average Bonchev–Trinajstić information content (AvgIpc) is 2.18. The Kier molecular flexibility index (Phi) is 3.11. The van der Waals surface area contributed by atoms with Gasteiger partial charge in [0.25, 0.3) is 0 Å². The second-order valence-electron chi connectivity index (χ2n) is 2.86. The molecule has 0 saturated carbocycles. The van der Waals surface area contributed by atoms with E-state index >= 15 is 0 Å². The van der Waals surface area contributed by atoms with Crippen molar-refractivity contribution in [1.29, 1.82) is 0 Å². The Morgan fingerprint density at radius 1 is 1.08 bits per heavy atom. The van der Waals surface area contributed by atoms with E-state index in [9.17, 15) is 4.57 Å². The Hall–Kier alpha value is -0.550. The molecule has 12 heavy (non-hydrogen) atoms. The van der Waals surface area contributed by atoms with Gasteiger partial charge >= 0.3 is 0 Å². The van der Waals surface area contributed by atoms with Crippen LogP contribution in [0, 0.1) is 0 Å². The second-order valence-corrected chi connectivity index (χ2v) is 6.42. The van der Waals surface area contributed by atoms with Crippen molar-refractivity contribution in [2.24, 2.45) is 0 Å². The molecule has 0 aliphatic rings. The minimum absolute atomic E-state index is 0.771. The summed E-state index contributed by atoms with van der Waals surface area (Å²) in [6.07, 6.45) is 1.54. The molecule has 0 unspecified atom stereocenters. The molecule has 0 bridgehead atoms. The molecular weight excluding hydrogens is 167 g/mol. The summed E-state index contributed by atoms with van der Waals surface area (Å²) >= 11 is 0. The van der Waals surface area contributed by atoms with Crippen LogP contribution < -0.4 is 5.30 Å². The smallest absolute Gasteiger partial charge is 0.115 e. The van der Waals surface area contributed by atoms with E-state index in [4.69, 9.17) is 0 Å². The first-order valence-corrected chi connectivity index (χ1v) is 6.44. The van der Waals surface area contributed by atoms with E-state index in [-0.39, 0.29) is 0 Å². The number of hydrogen-bond donors (Lipinski definition) is 0. The van der Waals surface area contributed by atoms with E-state index < -0.39 is 7.14 Å². The minimum atomic E-state index is -2.03. The lowest BCUT2D eigenvalue weighted by atomic mass is 10.4. The van der Waals surface area contributed by atoms with Gasteiger partial charge in [-0.15, -0.1) is 0 Å². The summed E-state index contributed by atoms with van der Waals surface area (Å²) in [6, 6.07) is 9.79. The van der Waals surface area contributed by atoms with Crippen LogP contribution >= 0.6 is 7.14 Å². The van der Waals surface area contributed by atoms with Gasteiger partial charge in [-0.2, -0.15) is 0 Å². The van der Waals surface area contributed by atoms with Crippen molar-refractivity contribution in [2.75, 3.05) is 12.3 Å². The molecule has 66 valence electrons. The molecule has 0 atom stereocenters. The summed E-state index contributed by atoms with van der Waals surface area (Å²) < 4.78 is 12.2. The fourth-order valence-electron chi connectivity index (χ4n) is 1.29. The van der Waals surface area contributed by atoms with Gasteiger partial charge < -0.3 is 4.57 Å². The largest absolute Gasteiger partial charge is 0.319 e. The fourth-order valence-corrected chi connectivity index (χ4v) is 3.18. The van der Waals surface area contributed by atoms with E-state index in [0.29, 0.717) is 0 Å². The Bertz CT molecular complexity index is 271. The van der Waals surface area contributed by atoms with Crippen LogP contribution in [0.1, 0.15) is 13.8 Å². The van der Waals surface area contributed by atoms with Crippen molar-refractivity contribution in [3.8, 4) is 0 Å². The Morgan fingerprint density at radius 2 is 1.58 bits per heavy atom. The molecule has 0 radical (unpaired) electrons. The highest BCUT2D eigenvalue weighted by molar-refractivity contribution is 7.71. The van der Waals surface area contributed by atoms with E-state index in [0.717, 1.165) is 17.6 Å². The molecule has 0 saturated heterocycles. The molecule has 0 heterocycles. The van der Waals surface area contributed by atoms with Crippen molar-refractivity contribution in [3.05, 3.63) is 30.3 Å². The molecule has 1 aromatic rings. The molecule has 0 amide bonds. The summed E-state index contributed by atoms with van der Waals surface area (Å²) in [4.78, 5) is 0. The van der Waals surface area contributed by atoms with Crippen molar-refractivity contribution < 1.29 is 4.57 Å². The lowest BCUT2D eigenvalue weighted by Gasteiger charge is -2.13. The van der Waals surface area contributed by atoms with Crippen LogP contribution in [0.2, 0.25) is 0 Å². The van der Waals surface area contributed by atoms with Crippen LogP contribution in [-0.2, 0) is 4.57 Å². The van der Waals surface area contributed by atoms with Crippen LogP contribution in [0.5, 0.6) is 0 Å². The highest BCUT2D eigenvalue weighted by Gasteiger charge is 2.18. The third-order valence-corrected chi connectivity index (χ3v) is 5.53. The second kappa shape index (κ2) is 3.91. The number of hydrogen-bond acceptors (Lipinski definition) is 1. The first kappa shape index (κ1) is 9.54. The zero-order chi connectivity index (χ0) is 9.03. The zero-order valence-electron chi connectivity index (χ0n) is 7.66. The van der Waals surface area contributed by atoms with Crippen molar-refractivity contribution in [3.63, 3.8) is 0 Å². The molecular formula is C10H15OP. The third kappa shape index (κ3) is 1.78. The maximum atomic E-state index is 12.2. The molecule has 0 spiro atoms. The highest BCUT2D eigenvalue weighted by atomic mass is 31.2. The van der Waals surface area contributed by atoms with Crippen molar-refractivity contribution in [2.45, 2.75) is 13.8 Å². The lowest BCUT2D eigenvalue weighted by molar-refractivity contribution is 0.582. The monoisotopic (exact) mass is 182 g/mol. The Morgan fingerprint density at radius 3 is 2.00 bits per heavy atom. The summed E-state index contributed by atoms with van der Waals surface area (Å²) in [6.45, 7) is 3.99. The molecule has 1 aromatic carbocycles. The average molecular weight is 182 g/mol. The lowest BCUT2D eigenvalue weighted by Crippen LogP contribution is -2.07. The predicted molar refractivity (Wildman–Crippen MR) is 54.8 cm³/mol. The van der Waals surface area contributed by atoms with Gasteiger partial charge in [0.1, 0.15) is 7.14 Å². The summed E-state index contributed by atoms with van der Waals surface area (Å²) in [7, 11) is -2.03. The van der Waals surface area contributed by atoms with Gasteiger partial charge in [-0.1, -0.05) is 44.2 Å². The summed E-state index contributed by atoms with van der Waals surface area (Å²) in [5.41, 5.74) is 0. The molecule has 1 nitrogen and oxygen atoms in total. The molecule has 1 rings (SSSR count). The SMILES string of the molecule is CCP(=O)(CC)c1ccccc1. The highest BCUT2D eigenvalue weighted by Crippen LogP contribution is 2.42. The maximum absolute atomic E-state index is 12.2. The van der Waals surface area contributed by atoms with Crippen LogP contribution in [0.3, 0.4) is 0 Å². The summed E-state index contributed by atoms with van der Waals surface area (Å²) in [5, 5.41) is 1.02. The molecule has 0 aromatic heterocycles. The number of rotatable bonds is 3. The minimum Gasteiger partial charge on any atom is -0.319 e. The summed E-state index contributed by atoms with van der Waals surface area (Å²) in [5.74, 6) is 0. The van der Waals surface area contributed by atoms with Crippen LogP contribution in [0.4, 0.5) is 0 Å². The first-order chi connectivity index (χ1) is 5.73. The molecule has 0 aliphatic carbocycles. The maximum Gasteiger partial charge on any atom is 0.115 e. The molecule has 0 aliphatic heterocycles. The van der Waals surface area contributed by atoms with Crippen LogP contribution in [0.25, 0.3) is 0 Å². The van der Waals surface area contributed by atoms with Gasteiger partial charge in [-0.3, -0.25) is 0 Å². The normalized spacial score (nSPS) is 11.5. The topological polar surface area (TPSA) is 17.1 Å². The van der Waals surface area contributed by atoms with Gasteiger partial charge in [0.05, 0.1) is 0 Å². The zero-order valence-corrected chi connectivity index (χ0v) is 8.55. The van der Waals surface area contributed by atoms with Gasteiger partial charge in [0.15, 0.2) is 0 Å². The van der Waals surface area contributed by atoms with Crippen molar-refractivity contribution >= 4 is 12.4 Å².